The zero-order chi connectivity index (χ0) is 19.4. The lowest BCUT2D eigenvalue weighted by atomic mass is 10.0. The van der Waals surface area contributed by atoms with Crippen LogP contribution in [0, 0.1) is 5.92 Å². The molecule has 2 heterocycles. The summed E-state index contributed by atoms with van der Waals surface area (Å²) in [7, 11) is 0. The highest BCUT2D eigenvalue weighted by atomic mass is 16.6. The van der Waals surface area contributed by atoms with Gasteiger partial charge in [-0.2, -0.15) is 0 Å². The normalized spacial score (nSPS) is 20.9. The van der Waals surface area contributed by atoms with E-state index in [4.69, 9.17) is 4.74 Å². The maximum atomic E-state index is 12.7. The lowest BCUT2D eigenvalue weighted by Crippen LogP contribution is -2.49. The van der Waals surface area contributed by atoms with Crippen molar-refractivity contribution in [1.82, 2.24) is 15.1 Å². The molecule has 0 spiro atoms. The minimum atomic E-state index is -0.472. The Kier molecular flexibility index (Phi) is 5.98. The van der Waals surface area contributed by atoms with Crippen LogP contribution in [0.2, 0.25) is 0 Å². The van der Waals surface area contributed by atoms with Crippen molar-refractivity contribution in [3.05, 3.63) is 30.3 Å². The van der Waals surface area contributed by atoms with Crippen LogP contribution in [0.1, 0.15) is 33.1 Å². The van der Waals surface area contributed by atoms with Crippen LogP contribution < -0.4 is 10.1 Å². The van der Waals surface area contributed by atoms with E-state index in [1.165, 1.54) is 0 Å². The molecule has 2 aliphatic rings. The molecule has 0 saturated carbocycles. The molecule has 146 valence electrons. The molecule has 2 fully saturated rings. The summed E-state index contributed by atoms with van der Waals surface area (Å²) in [5.41, 5.74) is 0. The number of hydrogen-bond donors (Lipinski definition) is 1. The quantitative estimate of drug-likeness (QED) is 0.876. The molecule has 7 heteroatoms. The van der Waals surface area contributed by atoms with Crippen molar-refractivity contribution in [1.29, 1.82) is 0 Å². The molecule has 2 aliphatic heterocycles. The van der Waals surface area contributed by atoms with Crippen molar-refractivity contribution < 1.29 is 19.1 Å². The number of carbonyl (C=O) groups is 3. The minimum absolute atomic E-state index is 0.0114. The van der Waals surface area contributed by atoms with E-state index in [0.29, 0.717) is 44.6 Å². The summed E-state index contributed by atoms with van der Waals surface area (Å²) in [5.74, 6) is 0.371. The molecule has 1 unspecified atom stereocenters. The van der Waals surface area contributed by atoms with Crippen molar-refractivity contribution in [2.45, 2.75) is 45.2 Å². The lowest BCUT2D eigenvalue weighted by Gasteiger charge is -2.33. The third-order valence-corrected chi connectivity index (χ3v) is 5.21. The molecule has 7 nitrogen and oxygen atoms in total. The molecule has 3 rings (SSSR count). The predicted molar refractivity (Wildman–Crippen MR) is 100 cm³/mol. The average molecular weight is 373 g/mol. The first-order chi connectivity index (χ1) is 12.9. The fourth-order valence-corrected chi connectivity index (χ4v) is 3.69. The maximum Gasteiger partial charge on any atom is 0.412 e. The molecule has 27 heavy (non-hydrogen) atoms. The van der Waals surface area contributed by atoms with Crippen molar-refractivity contribution in [3.63, 3.8) is 0 Å². The number of carbonyl (C=O) groups excluding carboxylic acids is 3. The Hall–Kier alpha value is -2.57. The number of hydrogen-bond acceptors (Lipinski definition) is 4. The van der Waals surface area contributed by atoms with Gasteiger partial charge in [-0.1, -0.05) is 18.2 Å². The van der Waals surface area contributed by atoms with Crippen LogP contribution in [0.25, 0.3) is 0 Å². The summed E-state index contributed by atoms with van der Waals surface area (Å²) in [5, 5.41) is 2.86. The summed E-state index contributed by atoms with van der Waals surface area (Å²) >= 11 is 0. The van der Waals surface area contributed by atoms with Crippen LogP contribution in [0.5, 0.6) is 5.75 Å². The van der Waals surface area contributed by atoms with E-state index in [9.17, 15) is 14.4 Å². The van der Waals surface area contributed by atoms with E-state index < -0.39 is 6.09 Å². The molecule has 0 aliphatic carbocycles. The van der Waals surface area contributed by atoms with Crippen molar-refractivity contribution >= 4 is 17.9 Å². The van der Waals surface area contributed by atoms with E-state index in [1.54, 1.807) is 29.2 Å². The highest BCUT2D eigenvalue weighted by Crippen LogP contribution is 2.24. The van der Waals surface area contributed by atoms with Gasteiger partial charge < -0.3 is 19.9 Å². The second kappa shape index (κ2) is 8.41. The smallest absolute Gasteiger partial charge is 0.410 e. The van der Waals surface area contributed by atoms with Gasteiger partial charge in [-0.3, -0.25) is 9.59 Å². The van der Waals surface area contributed by atoms with Gasteiger partial charge in [0.05, 0.1) is 5.92 Å². The van der Waals surface area contributed by atoms with Crippen LogP contribution in [-0.2, 0) is 9.59 Å². The Morgan fingerprint density at radius 3 is 2.41 bits per heavy atom. The molecule has 3 amide bonds. The minimum Gasteiger partial charge on any atom is -0.410 e. The average Bonchev–Trinajstić information content (AvgIpc) is 3.04. The summed E-state index contributed by atoms with van der Waals surface area (Å²) in [6.07, 6.45) is 1.20. The largest absolute Gasteiger partial charge is 0.412 e. The number of likely N-dealkylation sites (tertiary alicyclic amines) is 2. The highest BCUT2D eigenvalue weighted by molar-refractivity contribution is 5.89. The summed E-state index contributed by atoms with van der Waals surface area (Å²) in [6, 6.07) is 9.04. The van der Waals surface area contributed by atoms with Crippen molar-refractivity contribution in [3.8, 4) is 5.75 Å². The monoisotopic (exact) mass is 373 g/mol. The van der Waals surface area contributed by atoms with Crippen LogP contribution in [0.15, 0.2) is 30.3 Å². The van der Waals surface area contributed by atoms with Crippen molar-refractivity contribution in [2.24, 2.45) is 5.92 Å². The topological polar surface area (TPSA) is 79.0 Å². The molecule has 1 aromatic carbocycles. The van der Waals surface area contributed by atoms with E-state index >= 15 is 0 Å². The van der Waals surface area contributed by atoms with Crippen molar-refractivity contribution in [2.75, 3.05) is 19.6 Å². The SMILES string of the molecule is CC(C)N1CC(C(=O)N2CCC(NC(=O)Oc3ccccc3)CC2)CC1=O. The van der Waals surface area contributed by atoms with Gasteiger partial charge in [-0.15, -0.1) is 0 Å². The zero-order valence-electron chi connectivity index (χ0n) is 15.9. The Morgan fingerprint density at radius 1 is 1.15 bits per heavy atom. The number of ether oxygens (including phenoxy) is 1. The summed E-state index contributed by atoms with van der Waals surface area (Å²) < 4.78 is 5.25. The van der Waals surface area contributed by atoms with Gasteiger partial charge in [0.2, 0.25) is 11.8 Å². The zero-order valence-corrected chi connectivity index (χ0v) is 15.9. The predicted octanol–water partition coefficient (Wildman–Crippen LogP) is 2.02. The van der Waals surface area contributed by atoms with E-state index in [0.717, 1.165) is 0 Å². The molecular formula is C20H27N3O4. The molecule has 2 saturated heterocycles. The van der Waals surface area contributed by atoms with Crippen LogP contribution in [-0.4, -0.2) is 59.4 Å². The number of benzene rings is 1. The first-order valence-electron chi connectivity index (χ1n) is 9.55. The second-order valence-electron chi connectivity index (χ2n) is 7.49. The fraction of sp³-hybridized carbons (Fsp3) is 0.550. The number of nitrogens with zero attached hydrogens (tertiary/aromatic N) is 2. The van der Waals surface area contributed by atoms with Crippen LogP contribution >= 0.6 is 0 Å². The van der Waals surface area contributed by atoms with E-state index in [2.05, 4.69) is 5.32 Å². The van der Waals surface area contributed by atoms with Gasteiger partial charge in [0.1, 0.15) is 5.75 Å². The fourth-order valence-electron chi connectivity index (χ4n) is 3.69. The summed E-state index contributed by atoms with van der Waals surface area (Å²) in [4.78, 5) is 40.3. The maximum absolute atomic E-state index is 12.7. The number of rotatable bonds is 4. The Balaban J connectivity index is 1.44. The molecule has 0 radical (unpaired) electrons. The number of amides is 3. The Labute approximate surface area is 159 Å². The molecular weight excluding hydrogens is 346 g/mol. The van der Waals surface area contributed by atoms with Crippen LogP contribution in [0.3, 0.4) is 0 Å². The Bertz CT molecular complexity index is 684. The van der Waals surface area contributed by atoms with Gasteiger partial charge in [-0.05, 0) is 38.8 Å². The lowest BCUT2D eigenvalue weighted by molar-refractivity contribution is -0.136. The molecule has 0 aromatic heterocycles. The van der Waals surface area contributed by atoms with Crippen LogP contribution in [0.4, 0.5) is 4.79 Å². The number of piperidine rings is 1. The first-order valence-corrected chi connectivity index (χ1v) is 9.55. The molecule has 1 aromatic rings. The van der Waals surface area contributed by atoms with Gasteiger partial charge in [-0.25, -0.2) is 4.79 Å². The number of para-hydroxylation sites is 1. The molecule has 1 N–H and O–H groups in total. The number of nitrogens with one attached hydrogen (secondary N) is 1. The van der Waals surface area contributed by atoms with E-state index in [-0.39, 0.29) is 29.8 Å². The highest BCUT2D eigenvalue weighted by Gasteiger charge is 2.38. The van der Waals surface area contributed by atoms with Gasteiger partial charge in [0, 0.05) is 38.1 Å². The Morgan fingerprint density at radius 2 is 1.81 bits per heavy atom. The standard InChI is InChI=1S/C20H27N3O4/c1-14(2)23-13-15(12-18(23)24)19(25)22-10-8-16(9-11-22)21-20(26)27-17-6-4-3-5-7-17/h3-7,14-16H,8-13H2,1-2H3,(H,21,26). The van der Waals surface area contributed by atoms with E-state index in [1.807, 2.05) is 24.8 Å². The molecule has 1 atom stereocenters. The van der Waals surface area contributed by atoms with Gasteiger partial charge in [0.15, 0.2) is 0 Å². The first kappa shape index (κ1) is 19.2. The van der Waals surface area contributed by atoms with Gasteiger partial charge in [0.25, 0.3) is 0 Å². The molecule has 0 bridgehead atoms. The summed E-state index contributed by atoms with van der Waals surface area (Å²) in [6.45, 7) is 5.62. The third kappa shape index (κ3) is 4.78. The second-order valence-corrected chi connectivity index (χ2v) is 7.49. The van der Waals surface area contributed by atoms with Gasteiger partial charge >= 0.3 is 6.09 Å². The third-order valence-electron chi connectivity index (χ3n) is 5.21.